The number of nitrogens with zero attached hydrogens (tertiary/aromatic N) is 3. The first-order valence-electron chi connectivity index (χ1n) is 9.68. The zero-order valence-corrected chi connectivity index (χ0v) is 20.0. The van der Waals surface area contributed by atoms with Gasteiger partial charge in [0, 0.05) is 17.8 Å². The van der Waals surface area contributed by atoms with Gasteiger partial charge in [0.15, 0.2) is 5.75 Å². The molecule has 12 heteroatoms. The van der Waals surface area contributed by atoms with Crippen LogP contribution in [0.4, 0.5) is 17.3 Å². The zero-order chi connectivity index (χ0) is 24.7. The highest BCUT2D eigenvalue weighted by atomic mass is 35.5. The molecule has 34 heavy (non-hydrogen) atoms. The second-order valence-electron chi connectivity index (χ2n) is 6.48. The third kappa shape index (κ3) is 5.59. The van der Waals surface area contributed by atoms with Crippen LogP contribution in [-0.4, -0.2) is 42.2 Å². The Morgan fingerprint density at radius 1 is 1.06 bits per heavy atom. The van der Waals surface area contributed by atoms with E-state index in [9.17, 15) is 4.79 Å². The first-order chi connectivity index (χ1) is 16.4. The molecule has 0 aliphatic carbocycles. The Kier molecular flexibility index (Phi) is 8.34. The number of ether oxygens (including phenoxy) is 4. The first-order valence-corrected chi connectivity index (χ1v) is 10.4. The smallest absolute Gasteiger partial charge is 0.247 e. The lowest BCUT2D eigenvalue weighted by Crippen LogP contribution is -2.11. The van der Waals surface area contributed by atoms with Crippen LogP contribution in [0, 0.1) is 0 Å². The van der Waals surface area contributed by atoms with Gasteiger partial charge in [0.2, 0.25) is 17.7 Å². The van der Waals surface area contributed by atoms with Crippen molar-refractivity contribution in [2.75, 3.05) is 32.0 Å². The van der Waals surface area contributed by atoms with Crippen molar-refractivity contribution in [1.82, 2.24) is 15.0 Å². The van der Waals surface area contributed by atoms with Crippen LogP contribution in [0.5, 0.6) is 23.1 Å². The number of carbonyl (C=O) groups excluding carboxylic acids is 1. The summed E-state index contributed by atoms with van der Waals surface area (Å²) >= 11 is 12.7. The third-order valence-electron chi connectivity index (χ3n) is 4.47. The zero-order valence-electron chi connectivity index (χ0n) is 18.5. The van der Waals surface area contributed by atoms with E-state index in [2.05, 4.69) is 32.2 Å². The van der Waals surface area contributed by atoms with Crippen molar-refractivity contribution < 1.29 is 23.7 Å². The van der Waals surface area contributed by atoms with Crippen LogP contribution < -0.4 is 29.6 Å². The van der Waals surface area contributed by atoms with Crippen LogP contribution in [0.1, 0.15) is 5.56 Å². The van der Waals surface area contributed by atoms with Gasteiger partial charge in [0.05, 0.1) is 49.5 Å². The number of amides is 1. The molecule has 10 nitrogen and oxygen atoms in total. The summed E-state index contributed by atoms with van der Waals surface area (Å²) in [6, 6.07) is 3.19. The van der Waals surface area contributed by atoms with E-state index in [1.165, 1.54) is 39.9 Å². The lowest BCUT2D eigenvalue weighted by Gasteiger charge is -2.15. The maximum Gasteiger partial charge on any atom is 0.247 e. The molecule has 3 rings (SSSR count). The van der Waals surface area contributed by atoms with Crippen LogP contribution in [0.3, 0.4) is 0 Å². The number of nitrogens with one attached hydrogen (secondary N) is 2. The van der Waals surface area contributed by atoms with Gasteiger partial charge in [-0.2, -0.15) is 0 Å². The highest BCUT2D eigenvalue weighted by Crippen LogP contribution is 2.40. The predicted molar refractivity (Wildman–Crippen MR) is 129 cm³/mol. The summed E-state index contributed by atoms with van der Waals surface area (Å²) in [5.74, 6) is 1.23. The van der Waals surface area contributed by atoms with E-state index in [0.29, 0.717) is 44.2 Å². The molecule has 178 valence electrons. The van der Waals surface area contributed by atoms with Gasteiger partial charge in [-0.25, -0.2) is 15.0 Å². The molecule has 0 aliphatic rings. The number of anilines is 3. The fourth-order valence-corrected chi connectivity index (χ4v) is 3.40. The third-order valence-corrected chi connectivity index (χ3v) is 5.29. The molecule has 0 spiro atoms. The second kappa shape index (κ2) is 11.4. The van der Waals surface area contributed by atoms with Crippen LogP contribution in [0.2, 0.25) is 10.0 Å². The highest BCUT2D eigenvalue weighted by molar-refractivity contribution is 6.37. The molecular weight excluding hydrogens is 485 g/mol. The Labute approximate surface area is 205 Å². The number of hydrogen-bond acceptors (Lipinski definition) is 9. The highest BCUT2D eigenvalue weighted by Gasteiger charge is 2.18. The summed E-state index contributed by atoms with van der Waals surface area (Å²) in [5.41, 5.74) is 1.28. The van der Waals surface area contributed by atoms with Crippen LogP contribution >= 0.6 is 23.2 Å². The number of hydrogen-bond donors (Lipinski definition) is 2. The molecule has 2 aromatic heterocycles. The van der Waals surface area contributed by atoms with Gasteiger partial charge in [0.25, 0.3) is 0 Å². The van der Waals surface area contributed by atoms with E-state index in [0.717, 1.165) is 6.08 Å². The van der Waals surface area contributed by atoms with Crippen molar-refractivity contribution in [2.24, 2.45) is 0 Å². The number of carbonyl (C=O) groups is 1. The molecular formula is C22H21Cl2N5O5. The van der Waals surface area contributed by atoms with Crippen molar-refractivity contribution in [3.05, 3.63) is 59.0 Å². The molecule has 0 fully saturated rings. The molecule has 2 N–H and O–H groups in total. The quantitative estimate of drug-likeness (QED) is 0.379. The van der Waals surface area contributed by atoms with E-state index >= 15 is 0 Å². The molecule has 2 heterocycles. The van der Waals surface area contributed by atoms with Crippen molar-refractivity contribution >= 4 is 46.4 Å². The van der Waals surface area contributed by atoms with Gasteiger partial charge >= 0.3 is 0 Å². The first kappa shape index (κ1) is 24.9. The average Bonchev–Trinajstić information content (AvgIpc) is 2.86. The van der Waals surface area contributed by atoms with Gasteiger partial charge in [-0.3, -0.25) is 4.79 Å². The van der Waals surface area contributed by atoms with Gasteiger partial charge in [0.1, 0.15) is 23.8 Å². The minimum atomic E-state index is -0.396. The molecule has 0 saturated heterocycles. The Balaban J connectivity index is 1.78. The van der Waals surface area contributed by atoms with Crippen LogP contribution in [0.15, 0.2) is 43.4 Å². The van der Waals surface area contributed by atoms with E-state index in [-0.39, 0.29) is 18.4 Å². The number of halogens is 2. The van der Waals surface area contributed by atoms with Gasteiger partial charge < -0.3 is 29.6 Å². The summed E-state index contributed by atoms with van der Waals surface area (Å²) in [5, 5.41) is 6.27. The fraction of sp³-hybridized carbons (Fsp3) is 0.182. The number of benzene rings is 1. The topological polar surface area (TPSA) is 117 Å². The lowest BCUT2D eigenvalue weighted by atomic mass is 10.2. The molecule has 0 unspecified atom stereocenters. The number of pyridine rings is 1. The maximum atomic E-state index is 11.7. The van der Waals surface area contributed by atoms with E-state index in [4.69, 9.17) is 42.1 Å². The van der Waals surface area contributed by atoms with Gasteiger partial charge in [-0.05, 0) is 12.1 Å². The SMILES string of the molecule is C=CC(=O)Nc1ccnc(OC)c1Nc1ncc(OCc2c(Cl)c(OC)cc(OC)c2Cl)cn1. The Hall–Kier alpha value is -3.76. The van der Waals surface area contributed by atoms with Crippen molar-refractivity contribution in [2.45, 2.75) is 6.61 Å². The largest absolute Gasteiger partial charge is 0.495 e. The van der Waals surface area contributed by atoms with Gasteiger partial charge in [-0.15, -0.1) is 0 Å². The van der Waals surface area contributed by atoms with E-state index < -0.39 is 5.91 Å². The van der Waals surface area contributed by atoms with Crippen molar-refractivity contribution in [3.8, 4) is 23.1 Å². The summed E-state index contributed by atoms with van der Waals surface area (Å²) < 4.78 is 21.5. The molecule has 0 radical (unpaired) electrons. The second-order valence-corrected chi connectivity index (χ2v) is 7.24. The number of rotatable bonds is 10. The average molecular weight is 506 g/mol. The molecule has 0 atom stereocenters. The molecule has 0 aliphatic heterocycles. The predicted octanol–water partition coefficient (Wildman–Crippen LogP) is 4.65. The summed E-state index contributed by atoms with van der Waals surface area (Å²) in [6.07, 6.45) is 5.55. The van der Waals surface area contributed by atoms with Crippen LogP contribution in [-0.2, 0) is 11.4 Å². The van der Waals surface area contributed by atoms with Crippen LogP contribution in [0.25, 0.3) is 0 Å². The molecule has 1 aromatic carbocycles. The van der Waals surface area contributed by atoms with E-state index in [1.807, 2.05) is 0 Å². The minimum Gasteiger partial charge on any atom is -0.495 e. The lowest BCUT2D eigenvalue weighted by molar-refractivity contribution is -0.111. The van der Waals surface area contributed by atoms with Gasteiger partial charge in [-0.1, -0.05) is 29.8 Å². The van der Waals surface area contributed by atoms with E-state index in [1.54, 1.807) is 12.1 Å². The molecule has 1 amide bonds. The van der Waals surface area contributed by atoms with Crippen molar-refractivity contribution in [3.63, 3.8) is 0 Å². The minimum absolute atomic E-state index is 0.0233. The fourth-order valence-electron chi connectivity index (χ4n) is 2.79. The normalized spacial score (nSPS) is 10.3. The Morgan fingerprint density at radius 2 is 1.71 bits per heavy atom. The summed E-state index contributed by atoms with van der Waals surface area (Å²) in [4.78, 5) is 24.3. The standard InChI is InChI=1S/C22H21Cl2N5O5/c1-5-17(30)28-14-6-7-25-21(33-4)20(14)29-22-26-9-12(10-27-22)34-11-13-18(23)15(31-2)8-16(32-3)19(13)24/h5-10H,1,11H2,2-4H3,(H,25,28,30)(H,26,27,29). The monoisotopic (exact) mass is 505 g/mol. The summed E-state index contributed by atoms with van der Waals surface area (Å²) in [7, 11) is 4.43. The molecule has 3 aromatic rings. The Morgan fingerprint density at radius 3 is 2.26 bits per heavy atom. The maximum absolute atomic E-state index is 11.7. The Bertz CT molecular complexity index is 1160. The number of methoxy groups -OCH3 is 3. The number of aromatic nitrogens is 3. The van der Waals surface area contributed by atoms with Crippen molar-refractivity contribution in [1.29, 1.82) is 0 Å². The molecule has 0 bridgehead atoms. The summed E-state index contributed by atoms with van der Waals surface area (Å²) in [6.45, 7) is 3.47. The molecule has 0 saturated carbocycles.